The minimum Gasteiger partial charge on any atom is -0.372 e. The van der Waals surface area contributed by atoms with Crippen LogP contribution in [0.3, 0.4) is 0 Å². The number of carbonyl (C=O) groups is 2. The zero-order valence-electron chi connectivity index (χ0n) is 13.2. The van der Waals surface area contributed by atoms with E-state index in [4.69, 9.17) is 4.74 Å². The highest BCUT2D eigenvalue weighted by Gasteiger charge is 2.36. The van der Waals surface area contributed by atoms with E-state index in [1.165, 1.54) is 25.0 Å². The summed E-state index contributed by atoms with van der Waals surface area (Å²) in [6.45, 7) is 8.22. The van der Waals surface area contributed by atoms with Crippen molar-refractivity contribution in [2.45, 2.75) is 52.9 Å². The van der Waals surface area contributed by atoms with Crippen molar-refractivity contribution >= 4 is 11.7 Å². The average molecular weight is 289 g/mol. The second kappa shape index (κ2) is 6.39. The lowest BCUT2D eigenvalue weighted by Crippen LogP contribution is -2.38. The molecule has 1 fully saturated rings. The molecule has 4 heteroatoms. The molecule has 114 valence electrons. The third-order valence-electron chi connectivity index (χ3n) is 4.19. The van der Waals surface area contributed by atoms with Gasteiger partial charge in [-0.1, -0.05) is 18.2 Å². The molecule has 0 radical (unpaired) electrons. The Balaban J connectivity index is 1.96. The molecule has 1 aromatic rings. The first kappa shape index (κ1) is 15.7. The fourth-order valence-corrected chi connectivity index (χ4v) is 2.76. The second-order valence-electron chi connectivity index (χ2n) is 5.89. The van der Waals surface area contributed by atoms with Gasteiger partial charge in [0, 0.05) is 19.9 Å². The summed E-state index contributed by atoms with van der Waals surface area (Å²) in [5.41, 5.74) is 3.63. The fourth-order valence-electron chi connectivity index (χ4n) is 2.76. The molecule has 0 bridgehead atoms. The van der Waals surface area contributed by atoms with Crippen LogP contribution in [0.15, 0.2) is 18.2 Å². The molecular formula is C17H23NO3. The number of amides is 1. The number of rotatable bonds is 4. The van der Waals surface area contributed by atoms with Crippen molar-refractivity contribution in [1.29, 1.82) is 0 Å². The molecule has 1 heterocycles. The first-order valence-electron chi connectivity index (χ1n) is 7.34. The van der Waals surface area contributed by atoms with Gasteiger partial charge in [-0.2, -0.15) is 0 Å². The van der Waals surface area contributed by atoms with Gasteiger partial charge in [-0.05, 0) is 37.5 Å². The molecule has 0 N–H and O–H groups in total. The molecule has 21 heavy (non-hydrogen) atoms. The molecule has 2 rings (SSSR count). The summed E-state index contributed by atoms with van der Waals surface area (Å²) in [5, 5.41) is 0. The van der Waals surface area contributed by atoms with Crippen LogP contribution in [0, 0.1) is 13.8 Å². The normalized spacial score (nSPS) is 21.6. The summed E-state index contributed by atoms with van der Waals surface area (Å²) >= 11 is 0. The third-order valence-corrected chi connectivity index (χ3v) is 4.19. The predicted molar refractivity (Wildman–Crippen MR) is 81.0 cm³/mol. The van der Waals surface area contributed by atoms with Crippen molar-refractivity contribution < 1.29 is 14.3 Å². The van der Waals surface area contributed by atoms with E-state index in [0.29, 0.717) is 19.6 Å². The third kappa shape index (κ3) is 3.70. The molecule has 1 saturated heterocycles. The molecule has 1 amide bonds. The number of hydrogen-bond acceptors (Lipinski definition) is 3. The largest absolute Gasteiger partial charge is 0.372 e. The Bertz CT molecular complexity index is 531. The molecule has 2 atom stereocenters. The molecule has 0 aliphatic carbocycles. The van der Waals surface area contributed by atoms with Crippen LogP contribution in [0.2, 0.25) is 0 Å². The lowest BCUT2D eigenvalue weighted by molar-refractivity contribution is -0.135. The van der Waals surface area contributed by atoms with Gasteiger partial charge in [0.15, 0.2) is 5.78 Å². The van der Waals surface area contributed by atoms with E-state index >= 15 is 0 Å². The molecule has 1 aliphatic rings. The van der Waals surface area contributed by atoms with Crippen molar-refractivity contribution in [3.8, 4) is 0 Å². The minimum atomic E-state index is -0.327. The quantitative estimate of drug-likeness (QED) is 0.855. The second-order valence-corrected chi connectivity index (χ2v) is 5.89. The van der Waals surface area contributed by atoms with Crippen LogP contribution in [-0.2, 0) is 20.9 Å². The van der Waals surface area contributed by atoms with Gasteiger partial charge in [0.25, 0.3) is 0 Å². The van der Waals surface area contributed by atoms with Crippen molar-refractivity contribution in [2.75, 3.05) is 6.54 Å². The van der Waals surface area contributed by atoms with Gasteiger partial charge >= 0.3 is 0 Å². The van der Waals surface area contributed by atoms with Gasteiger partial charge in [0.1, 0.15) is 0 Å². The SMILES string of the molecule is CC(=O)[C@@H]1C[C@@H](OCc2ccc(C)c(C)c2)CN1C(C)=O. The highest BCUT2D eigenvalue weighted by molar-refractivity contribution is 5.87. The van der Waals surface area contributed by atoms with Gasteiger partial charge in [0.2, 0.25) is 5.91 Å². The summed E-state index contributed by atoms with van der Waals surface area (Å²) in [4.78, 5) is 24.8. The molecule has 0 saturated carbocycles. The van der Waals surface area contributed by atoms with Crippen LogP contribution >= 0.6 is 0 Å². The summed E-state index contributed by atoms with van der Waals surface area (Å²) < 4.78 is 5.90. The van der Waals surface area contributed by atoms with E-state index in [2.05, 4.69) is 32.0 Å². The maximum Gasteiger partial charge on any atom is 0.220 e. The Morgan fingerprint density at radius 2 is 1.95 bits per heavy atom. The van der Waals surface area contributed by atoms with Crippen molar-refractivity contribution in [3.05, 3.63) is 34.9 Å². The number of ketones is 1. The molecule has 0 spiro atoms. The van der Waals surface area contributed by atoms with E-state index in [1.807, 2.05) is 0 Å². The van der Waals surface area contributed by atoms with Crippen LogP contribution in [0.25, 0.3) is 0 Å². The maximum absolute atomic E-state index is 11.6. The number of Topliss-reactive ketones (excluding diaryl/α,β-unsaturated/α-hetero) is 1. The van der Waals surface area contributed by atoms with Gasteiger partial charge in [-0.15, -0.1) is 0 Å². The number of nitrogens with zero attached hydrogens (tertiary/aromatic N) is 1. The monoisotopic (exact) mass is 289 g/mol. The highest BCUT2D eigenvalue weighted by atomic mass is 16.5. The minimum absolute atomic E-state index is 0.0301. The lowest BCUT2D eigenvalue weighted by atomic mass is 10.1. The standard InChI is InChI=1S/C17H23NO3/c1-11-5-6-15(7-12(11)2)10-21-16-8-17(13(3)19)18(9-16)14(4)20/h5-7,16-17H,8-10H2,1-4H3/t16-,17+/m1/s1. The van der Waals surface area contributed by atoms with E-state index in [9.17, 15) is 9.59 Å². The van der Waals surface area contributed by atoms with Crippen molar-refractivity contribution in [3.63, 3.8) is 0 Å². The number of carbonyl (C=O) groups excluding carboxylic acids is 2. The van der Waals surface area contributed by atoms with E-state index in [0.717, 1.165) is 5.56 Å². The van der Waals surface area contributed by atoms with Crippen LogP contribution < -0.4 is 0 Å². The van der Waals surface area contributed by atoms with Crippen LogP contribution in [-0.4, -0.2) is 35.3 Å². The molecular weight excluding hydrogens is 266 g/mol. The maximum atomic E-state index is 11.6. The Labute approximate surface area is 126 Å². The van der Waals surface area contributed by atoms with E-state index < -0.39 is 0 Å². The number of likely N-dealkylation sites (tertiary alicyclic amines) is 1. The first-order valence-corrected chi connectivity index (χ1v) is 7.34. The fraction of sp³-hybridized carbons (Fsp3) is 0.529. The van der Waals surface area contributed by atoms with E-state index in [-0.39, 0.29) is 23.8 Å². The number of aryl methyl sites for hydroxylation is 2. The zero-order valence-corrected chi connectivity index (χ0v) is 13.2. The molecule has 1 aromatic carbocycles. The van der Waals surface area contributed by atoms with Gasteiger partial charge in [-0.3, -0.25) is 9.59 Å². The Morgan fingerprint density at radius 1 is 1.24 bits per heavy atom. The average Bonchev–Trinajstić information content (AvgIpc) is 2.85. The number of ether oxygens (including phenoxy) is 1. The van der Waals surface area contributed by atoms with Gasteiger partial charge < -0.3 is 9.64 Å². The van der Waals surface area contributed by atoms with Gasteiger partial charge in [0.05, 0.1) is 18.8 Å². The summed E-state index contributed by atoms with van der Waals surface area (Å²) in [5.74, 6) is -0.0324. The summed E-state index contributed by atoms with van der Waals surface area (Å²) in [6.07, 6.45) is 0.532. The smallest absolute Gasteiger partial charge is 0.220 e. The number of hydrogen-bond donors (Lipinski definition) is 0. The molecule has 1 aliphatic heterocycles. The first-order chi connectivity index (χ1) is 9.88. The van der Waals surface area contributed by atoms with Crippen LogP contribution in [0.5, 0.6) is 0 Å². The Morgan fingerprint density at radius 3 is 2.48 bits per heavy atom. The van der Waals surface area contributed by atoms with Crippen LogP contribution in [0.1, 0.15) is 37.0 Å². The van der Waals surface area contributed by atoms with Crippen molar-refractivity contribution in [1.82, 2.24) is 4.90 Å². The van der Waals surface area contributed by atoms with Gasteiger partial charge in [-0.25, -0.2) is 0 Å². The molecule has 0 unspecified atom stereocenters. The van der Waals surface area contributed by atoms with E-state index in [1.54, 1.807) is 4.90 Å². The predicted octanol–water partition coefficient (Wildman–Crippen LogP) is 2.40. The summed E-state index contributed by atoms with van der Waals surface area (Å²) in [6, 6.07) is 5.94. The molecule has 0 aromatic heterocycles. The highest BCUT2D eigenvalue weighted by Crippen LogP contribution is 2.22. The van der Waals surface area contributed by atoms with Crippen molar-refractivity contribution in [2.24, 2.45) is 0 Å². The Kier molecular flexibility index (Phi) is 4.78. The zero-order chi connectivity index (χ0) is 15.6. The Hall–Kier alpha value is -1.68. The lowest BCUT2D eigenvalue weighted by Gasteiger charge is -2.20. The molecule has 4 nitrogen and oxygen atoms in total. The van der Waals surface area contributed by atoms with Crippen LogP contribution in [0.4, 0.5) is 0 Å². The topological polar surface area (TPSA) is 46.6 Å². The number of benzene rings is 1. The summed E-state index contributed by atoms with van der Waals surface area (Å²) in [7, 11) is 0.